The van der Waals surface area contributed by atoms with E-state index >= 15 is 0 Å². The van der Waals surface area contributed by atoms with Gasteiger partial charge in [-0.25, -0.2) is 13.9 Å². The second kappa shape index (κ2) is 5.40. The summed E-state index contributed by atoms with van der Waals surface area (Å²) in [4.78, 5) is 11.1. The van der Waals surface area contributed by atoms with Crippen LogP contribution in [0.2, 0.25) is 5.02 Å². The van der Waals surface area contributed by atoms with Crippen LogP contribution in [0.25, 0.3) is 5.69 Å². The van der Waals surface area contributed by atoms with Crippen LogP contribution in [0.4, 0.5) is 4.39 Å². The number of carboxylic acids is 1. The minimum Gasteiger partial charge on any atom is -0.478 e. The molecule has 1 heterocycles. The van der Waals surface area contributed by atoms with Crippen LogP contribution in [0.5, 0.6) is 0 Å². The number of aromatic carboxylic acids is 1. The third-order valence-corrected chi connectivity index (χ3v) is 3.04. The van der Waals surface area contributed by atoms with Crippen molar-refractivity contribution in [1.29, 1.82) is 0 Å². The molecular formula is C13H12ClFN2O2. The smallest absolute Gasteiger partial charge is 0.339 e. The maximum atomic E-state index is 13.9. The number of halogens is 2. The van der Waals surface area contributed by atoms with Gasteiger partial charge >= 0.3 is 5.97 Å². The Morgan fingerprint density at radius 2 is 2.26 bits per heavy atom. The topological polar surface area (TPSA) is 55.1 Å². The zero-order valence-electron chi connectivity index (χ0n) is 10.2. The molecule has 0 unspecified atom stereocenters. The number of carboxylic acid groups (broad SMARTS) is 1. The van der Waals surface area contributed by atoms with Gasteiger partial charge in [-0.1, -0.05) is 31.0 Å². The monoisotopic (exact) mass is 282 g/mol. The zero-order chi connectivity index (χ0) is 14.0. The van der Waals surface area contributed by atoms with Crippen molar-refractivity contribution in [2.24, 2.45) is 0 Å². The van der Waals surface area contributed by atoms with Crippen molar-refractivity contribution in [1.82, 2.24) is 9.78 Å². The molecule has 0 amide bonds. The molecule has 0 saturated heterocycles. The molecule has 2 rings (SSSR count). The Morgan fingerprint density at radius 1 is 1.53 bits per heavy atom. The van der Waals surface area contributed by atoms with Crippen LogP contribution in [0.3, 0.4) is 0 Å². The first-order valence-electron chi connectivity index (χ1n) is 5.80. The van der Waals surface area contributed by atoms with Gasteiger partial charge in [0.1, 0.15) is 17.1 Å². The molecular weight excluding hydrogens is 271 g/mol. The molecule has 0 aliphatic carbocycles. The van der Waals surface area contributed by atoms with Crippen LogP contribution in [0.1, 0.15) is 29.4 Å². The normalized spacial score (nSPS) is 10.7. The highest BCUT2D eigenvalue weighted by Crippen LogP contribution is 2.26. The number of carbonyl (C=O) groups is 1. The van der Waals surface area contributed by atoms with E-state index in [9.17, 15) is 9.18 Å². The SMILES string of the molecule is CCCc1c(C(=O)O)cnn1-c1c(F)cccc1Cl. The fraction of sp³-hybridized carbons (Fsp3) is 0.231. The number of aromatic nitrogens is 2. The van der Waals surface area contributed by atoms with Crippen LogP contribution in [-0.2, 0) is 6.42 Å². The number of nitrogens with zero attached hydrogens (tertiary/aromatic N) is 2. The van der Waals surface area contributed by atoms with Gasteiger partial charge in [-0.15, -0.1) is 0 Å². The molecule has 6 heteroatoms. The summed E-state index contributed by atoms with van der Waals surface area (Å²) in [5.74, 6) is -1.62. The highest BCUT2D eigenvalue weighted by atomic mass is 35.5. The van der Waals surface area contributed by atoms with Crippen molar-refractivity contribution >= 4 is 17.6 Å². The lowest BCUT2D eigenvalue weighted by Gasteiger charge is -2.10. The average Bonchev–Trinajstić information content (AvgIpc) is 2.73. The molecule has 2 aromatic rings. The number of rotatable bonds is 4. The fourth-order valence-corrected chi connectivity index (χ4v) is 2.16. The molecule has 0 aliphatic heterocycles. The lowest BCUT2D eigenvalue weighted by atomic mass is 10.1. The van der Waals surface area contributed by atoms with Crippen molar-refractivity contribution in [2.45, 2.75) is 19.8 Å². The minimum atomic E-state index is -1.08. The molecule has 0 atom stereocenters. The zero-order valence-corrected chi connectivity index (χ0v) is 11.0. The second-order valence-corrected chi connectivity index (χ2v) is 4.45. The van der Waals surface area contributed by atoms with E-state index in [1.807, 2.05) is 6.92 Å². The van der Waals surface area contributed by atoms with Crippen LogP contribution in [0.15, 0.2) is 24.4 Å². The van der Waals surface area contributed by atoms with Gasteiger partial charge in [-0.2, -0.15) is 5.10 Å². The quantitative estimate of drug-likeness (QED) is 0.936. The lowest BCUT2D eigenvalue weighted by molar-refractivity contribution is 0.0695. The van der Waals surface area contributed by atoms with Gasteiger partial charge in [0.05, 0.1) is 16.9 Å². The summed E-state index contributed by atoms with van der Waals surface area (Å²) >= 11 is 5.98. The number of para-hydroxylation sites is 1. The molecule has 1 aromatic heterocycles. The largest absolute Gasteiger partial charge is 0.478 e. The van der Waals surface area contributed by atoms with E-state index in [4.69, 9.17) is 16.7 Å². The van der Waals surface area contributed by atoms with Crippen molar-refractivity contribution in [3.05, 3.63) is 46.5 Å². The summed E-state index contributed by atoms with van der Waals surface area (Å²) in [5.41, 5.74) is 0.600. The highest BCUT2D eigenvalue weighted by molar-refractivity contribution is 6.32. The van der Waals surface area contributed by atoms with Crippen LogP contribution < -0.4 is 0 Å². The minimum absolute atomic E-state index is 0.0705. The molecule has 1 aromatic carbocycles. The van der Waals surface area contributed by atoms with Crippen LogP contribution >= 0.6 is 11.6 Å². The third kappa shape index (κ3) is 2.46. The van der Waals surface area contributed by atoms with Gasteiger partial charge < -0.3 is 5.11 Å². The Kier molecular flexibility index (Phi) is 3.85. The Hall–Kier alpha value is -1.88. The summed E-state index contributed by atoms with van der Waals surface area (Å²) in [5, 5.41) is 13.3. The Labute approximate surface area is 114 Å². The fourth-order valence-electron chi connectivity index (χ4n) is 1.91. The second-order valence-electron chi connectivity index (χ2n) is 4.04. The summed E-state index contributed by atoms with van der Waals surface area (Å²) in [7, 11) is 0. The van der Waals surface area contributed by atoms with Gasteiger partial charge in [-0.3, -0.25) is 0 Å². The van der Waals surface area contributed by atoms with E-state index < -0.39 is 11.8 Å². The van der Waals surface area contributed by atoms with Crippen molar-refractivity contribution < 1.29 is 14.3 Å². The highest BCUT2D eigenvalue weighted by Gasteiger charge is 2.20. The maximum absolute atomic E-state index is 13.9. The van der Waals surface area contributed by atoms with E-state index in [0.717, 1.165) is 6.42 Å². The summed E-state index contributed by atoms with van der Waals surface area (Å²) in [6, 6.07) is 4.29. The van der Waals surface area contributed by atoms with Crippen molar-refractivity contribution in [3.63, 3.8) is 0 Å². The molecule has 0 aliphatic rings. The molecule has 0 saturated carbocycles. The van der Waals surface area contributed by atoms with Crippen molar-refractivity contribution in [3.8, 4) is 5.69 Å². The summed E-state index contributed by atoms with van der Waals surface area (Å²) in [6.07, 6.45) is 2.42. The summed E-state index contributed by atoms with van der Waals surface area (Å²) < 4.78 is 15.1. The molecule has 100 valence electrons. The summed E-state index contributed by atoms with van der Waals surface area (Å²) in [6.45, 7) is 1.91. The van der Waals surface area contributed by atoms with E-state index in [1.54, 1.807) is 0 Å². The molecule has 0 bridgehead atoms. The van der Waals surface area contributed by atoms with E-state index in [1.165, 1.54) is 29.1 Å². The van der Waals surface area contributed by atoms with Gasteiger partial charge in [0, 0.05) is 0 Å². The first-order chi connectivity index (χ1) is 9.06. The Balaban J connectivity index is 2.65. The number of hydrogen-bond acceptors (Lipinski definition) is 2. The predicted molar refractivity (Wildman–Crippen MR) is 69.5 cm³/mol. The maximum Gasteiger partial charge on any atom is 0.339 e. The van der Waals surface area contributed by atoms with Gasteiger partial charge in [0.15, 0.2) is 0 Å². The average molecular weight is 283 g/mol. The Bertz CT molecular complexity index is 605. The predicted octanol–water partition coefficient (Wildman–Crippen LogP) is 3.32. The molecule has 19 heavy (non-hydrogen) atoms. The van der Waals surface area contributed by atoms with Gasteiger partial charge in [0.2, 0.25) is 0 Å². The lowest BCUT2D eigenvalue weighted by Crippen LogP contribution is -2.08. The van der Waals surface area contributed by atoms with E-state index in [-0.39, 0.29) is 16.3 Å². The van der Waals surface area contributed by atoms with E-state index in [0.29, 0.717) is 12.1 Å². The molecule has 1 N–H and O–H groups in total. The number of hydrogen-bond donors (Lipinski definition) is 1. The molecule has 4 nitrogen and oxygen atoms in total. The van der Waals surface area contributed by atoms with Crippen molar-refractivity contribution in [2.75, 3.05) is 0 Å². The third-order valence-electron chi connectivity index (χ3n) is 2.74. The molecule has 0 spiro atoms. The standard InChI is InChI=1S/C13H12ClFN2O2/c1-2-4-11-8(13(18)19)7-16-17(11)12-9(14)5-3-6-10(12)15/h3,5-7H,2,4H2,1H3,(H,18,19). The molecule has 0 radical (unpaired) electrons. The van der Waals surface area contributed by atoms with Gasteiger partial charge in [-0.05, 0) is 18.6 Å². The first-order valence-corrected chi connectivity index (χ1v) is 6.18. The number of benzene rings is 1. The molecule has 0 fully saturated rings. The Morgan fingerprint density at radius 3 is 2.84 bits per heavy atom. The van der Waals surface area contributed by atoms with Gasteiger partial charge in [0.25, 0.3) is 0 Å². The first kappa shape index (κ1) is 13.5. The van der Waals surface area contributed by atoms with E-state index in [2.05, 4.69) is 5.10 Å². The van der Waals surface area contributed by atoms with Crippen LogP contribution in [-0.4, -0.2) is 20.9 Å². The van der Waals surface area contributed by atoms with Crippen LogP contribution in [0, 0.1) is 5.82 Å².